The molecule has 16 heavy (non-hydrogen) atoms. The predicted octanol–water partition coefficient (Wildman–Crippen LogP) is 3.51. The van der Waals surface area contributed by atoms with E-state index in [0.717, 1.165) is 16.2 Å². The minimum Gasteiger partial charge on any atom is -0.303 e. The Morgan fingerprint density at radius 1 is 1.25 bits per heavy atom. The fourth-order valence-corrected chi connectivity index (χ4v) is 2.59. The quantitative estimate of drug-likeness (QED) is 0.627. The van der Waals surface area contributed by atoms with Crippen LogP contribution in [0.25, 0.3) is 16.2 Å². The van der Waals surface area contributed by atoms with Gasteiger partial charge in [0.15, 0.2) is 0 Å². The van der Waals surface area contributed by atoms with Crippen molar-refractivity contribution in [1.82, 2.24) is 9.38 Å². The van der Waals surface area contributed by atoms with Crippen LogP contribution in [0, 0.1) is 12.7 Å². The molecule has 0 unspecified atom stereocenters. The molecule has 4 heteroatoms. The van der Waals surface area contributed by atoms with Gasteiger partial charge in [-0.3, -0.25) is 0 Å². The molecule has 0 aliphatic carbocycles. The molecule has 0 N–H and O–H groups in total. The molecular weight excluding hydrogens is 223 g/mol. The van der Waals surface area contributed by atoms with Crippen molar-refractivity contribution in [2.45, 2.75) is 6.92 Å². The van der Waals surface area contributed by atoms with Gasteiger partial charge in [-0.05, 0) is 36.1 Å². The van der Waals surface area contributed by atoms with Crippen molar-refractivity contribution in [1.29, 1.82) is 0 Å². The Balaban J connectivity index is 2.23. The second-order valence-corrected chi connectivity index (χ2v) is 4.59. The summed E-state index contributed by atoms with van der Waals surface area (Å²) in [5, 5.41) is 2.04. The molecule has 3 aromatic heterocycles. The Kier molecular flexibility index (Phi) is 2.04. The van der Waals surface area contributed by atoms with Crippen LogP contribution in [-0.4, -0.2) is 9.38 Å². The van der Waals surface area contributed by atoms with Gasteiger partial charge in [-0.15, -0.1) is 11.3 Å². The van der Waals surface area contributed by atoms with Gasteiger partial charge in [0.2, 0.25) is 0 Å². The van der Waals surface area contributed by atoms with Crippen molar-refractivity contribution in [3.8, 4) is 10.6 Å². The van der Waals surface area contributed by atoms with Crippen LogP contribution in [-0.2, 0) is 0 Å². The maximum absolute atomic E-state index is 13.0. The lowest BCUT2D eigenvalue weighted by molar-refractivity contribution is 0.619. The molecule has 3 heterocycles. The molecule has 0 saturated carbocycles. The van der Waals surface area contributed by atoms with Crippen molar-refractivity contribution in [2.75, 3.05) is 0 Å². The van der Waals surface area contributed by atoms with Crippen molar-refractivity contribution >= 4 is 17.0 Å². The lowest BCUT2D eigenvalue weighted by atomic mass is 10.2. The van der Waals surface area contributed by atoms with E-state index >= 15 is 0 Å². The summed E-state index contributed by atoms with van der Waals surface area (Å²) < 4.78 is 14.7. The standard InChI is InChI=1S/C12H9FN2S/c1-8-4-5-16-12(8)10-7-15-6-9(13)2-3-11(15)14-10/h2-7H,1H3. The Morgan fingerprint density at radius 2 is 2.12 bits per heavy atom. The highest BCUT2D eigenvalue weighted by Crippen LogP contribution is 2.28. The van der Waals surface area contributed by atoms with Crippen LogP contribution in [0.2, 0.25) is 0 Å². The monoisotopic (exact) mass is 232 g/mol. The Bertz CT molecular complexity index is 654. The maximum Gasteiger partial charge on any atom is 0.139 e. The van der Waals surface area contributed by atoms with Crippen LogP contribution >= 0.6 is 11.3 Å². The van der Waals surface area contributed by atoms with Crippen LogP contribution in [0.3, 0.4) is 0 Å². The van der Waals surface area contributed by atoms with E-state index in [9.17, 15) is 4.39 Å². The summed E-state index contributed by atoms with van der Waals surface area (Å²) in [5.74, 6) is -0.251. The first-order valence-electron chi connectivity index (χ1n) is 4.93. The highest BCUT2D eigenvalue weighted by Gasteiger charge is 2.08. The van der Waals surface area contributed by atoms with E-state index in [1.54, 1.807) is 21.8 Å². The lowest BCUT2D eigenvalue weighted by Gasteiger charge is -1.91. The van der Waals surface area contributed by atoms with E-state index in [4.69, 9.17) is 0 Å². The molecule has 3 aromatic rings. The maximum atomic E-state index is 13.0. The number of rotatable bonds is 1. The third-order valence-corrected chi connectivity index (χ3v) is 3.55. The van der Waals surface area contributed by atoms with E-state index in [1.807, 2.05) is 11.6 Å². The largest absolute Gasteiger partial charge is 0.303 e. The number of hydrogen-bond donors (Lipinski definition) is 0. The van der Waals surface area contributed by atoms with Crippen LogP contribution in [0.15, 0.2) is 36.0 Å². The minimum atomic E-state index is -0.251. The second kappa shape index (κ2) is 3.42. The molecule has 0 aliphatic heterocycles. The summed E-state index contributed by atoms with van der Waals surface area (Å²) in [4.78, 5) is 5.61. The third-order valence-electron chi connectivity index (χ3n) is 2.51. The van der Waals surface area contributed by atoms with Gasteiger partial charge >= 0.3 is 0 Å². The van der Waals surface area contributed by atoms with Gasteiger partial charge in [-0.2, -0.15) is 0 Å². The lowest BCUT2D eigenvalue weighted by Crippen LogP contribution is -1.83. The molecule has 0 spiro atoms. The fourth-order valence-electron chi connectivity index (χ4n) is 1.71. The van der Waals surface area contributed by atoms with Crippen molar-refractivity contribution in [2.24, 2.45) is 0 Å². The summed E-state index contributed by atoms with van der Waals surface area (Å²) in [6.45, 7) is 2.05. The van der Waals surface area contributed by atoms with Gasteiger partial charge in [0.1, 0.15) is 11.5 Å². The first-order valence-corrected chi connectivity index (χ1v) is 5.81. The van der Waals surface area contributed by atoms with Gasteiger partial charge in [0, 0.05) is 12.4 Å². The van der Waals surface area contributed by atoms with Crippen LogP contribution in [0.1, 0.15) is 5.56 Å². The van der Waals surface area contributed by atoms with E-state index in [0.29, 0.717) is 0 Å². The minimum absolute atomic E-state index is 0.251. The first-order chi connectivity index (χ1) is 7.74. The Morgan fingerprint density at radius 3 is 2.88 bits per heavy atom. The fraction of sp³-hybridized carbons (Fsp3) is 0.0833. The smallest absolute Gasteiger partial charge is 0.139 e. The summed E-state index contributed by atoms with van der Waals surface area (Å²) in [6.07, 6.45) is 3.30. The Hall–Kier alpha value is -1.68. The molecule has 80 valence electrons. The Labute approximate surface area is 96.0 Å². The molecule has 0 saturated heterocycles. The number of aryl methyl sites for hydroxylation is 1. The number of fused-ring (bicyclic) bond motifs is 1. The molecule has 0 aliphatic rings. The molecule has 3 rings (SSSR count). The molecule has 0 bridgehead atoms. The molecule has 0 amide bonds. The van der Waals surface area contributed by atoms with Gasteiger partial charge in [0.05, 0.1) is 10.6 Å². The van der Waals surface area contributed by atoms with Gasteiger partial charge in [-0.25, -0.2) is 9.37 Å². The topological polar surface area (TPSA) is 17.3 Å². The zero-order valence-electron chi connectivity index (χ0n) is 8.64. The second-order valence-electron chi connectivity index (χ2n) is 3.67. The number of pyridine rings is 1. The average Bonchev–Trinajstić information content (AvgIpc) is 2.82. The van der Waals surface area contributed by atoms with Crippen LogP contribution < -0.4 is 0 Å². The van der Waals surface area contributed by atoms with Gasteiger partial charge in [0.25, 0.3) is 0 Å². The molecule has 0 atom stereocenters. The van der Waals surface area contributed by atoms with Crippen LogP contribution in [0.4, 0.5) is 4.39 Å². The third kappa shape index (κ3) is 1.42. The summed E-state index contributed by atoms with van der Waals surface area (Å²) in [5.41, 5.74) is 2.87. The zero-order chi connectivity index (χ0) is 11.1. The number of hydrogen-bond acceptors (Lipinski definition) is 2. The molecule has 0 aromatic carbocycles. The van der Waals surface area contributed by atoms with Gasteiger partial charge < -0.3 is 4.40 Å². The van der Waals surface area contributed by atoms with Crippen LogP contribution in [0.5, 0.6) is 0 Å². The molecule has 2 nitrogen and oxygen atoms in total. The predicted molar refractivity (Wildman–Crippen MR) is 63.2 cm³/mol. The molecule has 0 fully saturated rings. The summed E-state index contributed by atoms with van der Waals surface area (Å²) >= 11 is 1.65. The highest BCUT2D eigenvalue weighted by molar-refractivity contribution is 7.13. The highest BCUT2D eigenvalue weighted by atomic mass is 32.1. The van der Waals surface area contributed by atoms with E-state index in [1.165, 1.54) is 17.8 Å². The number of nitrogens with zero attached hydrogens (tertiary/aromatic N) is 2. The normalized spacial score (nSPS) is 11.1. The van der Waals surface area contributed by atoms with E-state index in [-0.39, 0.29) is 5.82 Å². The van der Waals surface area contributed by atoms with Crippen molar-refractivity contribution in [3.63, 3.8) is 0 Å². The van der Waals surface area contributed by atoms with Gasteiger partial charge in [-0.1, -0.05) is 0 Å². The molecule has 0 radical (unpaired) electrons. The summed E-state index contributed by atoms with van der Waals surface area (Å²) in [6, 6.07) is 5.17. The first kappa shape index (κ1) is 9.54. The van der Waals surface area contributed by atoms with Crippen molar-refractivity contribution in [3.05, 3.63) is 47.4 Å². The number of thiophene rings is 1. The average molecular weight is 232 g/mol. The molecular formula is C12H9FN2S. The number of halogens is 1. The van der Waals surface area contributed by atoms with Crippen molar-refractivity contribution < 1.29 is 4.39 Å². The summed E-state index contributed by atoms with van der Waals surface area (Å²) in [7, 11) is 0. The van der Waals surface area contributed by atoms with E-state index < -0.39 is 0 Å². The SMILES string of the molecule is Cc1ccsc1-c1cn2cc(F)ccc2n1. The number of imidazole rings is 1. The zero-order valence-corrected chi connectivity index (χ0v) is 9.46. The number of aromatic nitrogens is 2. The van der Waals surface area contributed by atoms with E-state index in [2.05, 4.69) is 18.0 Å².